The maximum Gasteiger partial charge on any atom is 0.0534 e. The van der Waals surface area contributed by atoms with E-state index in [9.17, 15) is 0 Å². The van der Waals surface area contributed by atoms with Gasteiger partial charge in [-0.05, 0) is 19.4 Å². The summed E-state index contributed by atoms with van der Waals surface area (Å²) in [6, 6.07) is 0.362. The molecule has 1 saturated heterocycles. The summed E-state index contributed by atoms with van der Waals surface area (Å²) in [5, 5.41) is 4.16. The SMILES string of the molecule is Cn1cc(CN2CCC[C@H](N)C2)cn1. The highest BCUT2D eigenvalue weighted by Gasteiger charge is 2.16. The van der Waals surface area contributed by atoms with E-state index in [0.29, 0.717) is 6.04 Å². The van der Waals surface area contributed by atoms with Gasteiger partial charge in [0.1, 0.15) is 0 Å². The lowest BCUT2D eigenvalue weighted by Crippen LogP contribution is -2.42. The van der Waals surface area contributed by atoms with Gasteiger partial charge in [-0.25, -0.2) is 0 Å². The van der Waals surface area contributed by atoms with E-state index in [4.69, 9.17) is 5.73 Å². The van der Waals surface area contributed by atoms with Crippen LogP contribution in [0.5, 0.6) is 0 Å². The Kier molecular flexibility index (Phi) is 2.84. The summed E-state index contributed by atoms with van der Waals surface area (Å²) in [5.74, 6) is 0. The minimum Gasteiger partial charge on any atom is -0.327 e. The highest BCUT2D eigenvalue weighted by molar-refractivity contribution is 5.03. The number of hydrogen-bond donors (Lipinski definition) is 1. The molecule has 4 heteroatoms. The van der Waals surface area contributed by atoms with E-state index in [1.54, 1.807) is 0 Å². The molecule has 14 heavy (non-hydrogen) atoms. The topological polar surface area (TPSA) is 47.1 Å². The Labute approximate surface area is 84.7 Å². The summed E-state index contributed by atoms with van der Waals surface area (Å²) < 4.78 is 1.85. The lowest BCUT2D eigenvalue weighted by molar-refractivity contribution is 0.201. The quantitative estimate of drug-likeness (QED) is 0.738. The molecule has 0 bridgehead atoms. The summed E-state index contributed by atoms with van der Waals surface area (Å²) in [6.07, 6.45) is 6.39. The van der Waals surface area contributed by atoms with Crippen molar-refractivity contribution in [3.63, 3.8) is 0 Å². The van der Waals surface area contributed by atoms with Crippen LogP contribution in [-0.4, -0.2) is 33.8 Å². The molecule has 0 unspecified atom stereocenters. The van der Waals surface area contributed by atoms with Gasteiger partial charge in [-0.3, -0.25) is 9.58 Å². The molecule has 1 aliphatic heterocycles. The lowest BCUT2D eigenvalue weighted by atomic mass is 10.1. The second kappa shape index (κ2) is 4.11. The Hall–Kier alpha value is -0.870. The standard InChI is InChI=1S/C10H18N4/c1-13-6-9(5-12-13)7-14-4-2-3-10(11)8-14/h5-6,10H,2-4,7-8,11H2,1H3/t10-/m0/s1. The molecule has 2 rings (SSSR count). The molecule has 0 aromatic carbocycles. The summed E-state index contributed by atoms with van der Waals surface area (Å²) in [5.41, 5.74) is 7.20. The molecule has 0 amide bonds. The molecule has 1 aromatic rings. The van der Waals surface area contributed by atoms with Gasteiger partial charge in [0.2, 0.25) is 0 Å². The predicted octanol–water partition coefficient (Wildman–Crippen LogP) is 0.343. The monoisotopic (exact) mass is 194 g/mol. The molecule has 1 atom stereocenters. The van der Waals surface area contributed by atoms with E-state index in [0.717, 1.165) is 13.1 Å². The first-order valence-corrected chi connectivity index (χ1v) is 5.19. The number of aryl methyl sites for hydroxylation is 1. The van der Waals surface area contributed by atoms with Crippen LogP contribution in [-0.2, 0) is 13.6 Å². The maximum atomic E-state index is 5.92. The molecule has 4 nitrogen and oxygen atoms in total. The largest absolute Gasteiger partial charge is 0.327 e. The van der Waals surface area contributed by atoms with Crippen LogP contribution in [0.15, 0.2) is 12.4 Å². The van der Waals surface area contributed by atoms with Crippen LogP contribution in [0.1, 0.15) is 18.4 Å². The van der Waals surface area contributed by atoms with Gasteiger partial charge in [-0.1, -0.05) is 0 Å². The van der Waals surface area contributed by atoms with E-state index in [2.05, 4.69) is 16.2 Å². The summed E-state index contributed by atoms with van der Waals surface area (Å²) in [4.78, 5) is 2.41. The van der Waals surface area contributed by atoms with Gasteiger partial charge in [0.25, 0.3) is 0 Å². The van der Waals surface area contributed by atoms with E-state index < -0.39 is 0 Å². The van der Waals surface area contributed by atoms with E-state index in [1.807, 2.05) is 17.9 Å². The third-order valence-corrected chi connectivity index (χ3v) is 2.71. The zero-order chi connectivity index (χ0) is 9.97. The van der Waals surface area contributed by atoms with Gasteiger partial charge in [-0.15, -0.1) is 0 Å². The zero-order valence-electron chi connectivity index (χ0n) is 8.69. The summed E-state index contributed by atoms with van der Waals surface area (Å²) in [7, 11) is 1.95. The Balaban J connectivity index is 1.90. The molecule has 78 valence electrons. The fourth-order valence-electron chi connectivity index (χ4n) is 2.05. The van der Waals surface area contributed by atoms with Gasteiger partial charge < -0.3 is 5.73 Å². The van der Waals surface area contributed by atoms with E-state index in [1.165, 1.54) is 24.9 Å². The molecule has 0 spiro atoms. The number of piperidine rings is 1. The number of nitrogens with two attached hydrogens (primary N) is 1. The highest BCUT2D eigenvalue weighted by Crippen LogP contribution is 2.11. The van der Waals surface area contributed by atoms with Crippen molar-refractivity contribution in [3.05, 3.63) is 18.0 Å². The second-order valence-electron chi connectivity index (χ2n) is 4.16. The Morgan fingerprint density at radius 3 is 3.14 bits per heavy atom. The summed E-state index contributed by atoms with van der Waals surface area (Å²) >= 11 is 0. The fourth-order valence-corrected chi connectivity index (χ4v) is 2.05. The van der Waals surface area contributed by atoms with Gasteiger partial charge in [0.05, 0.1) is 6.20 Å². The Morgan fingerprint density at radius 2 is 2.50 bits per heavy atom. The van der Waals surface area contributed by atoms with Crippen molar-refractivity contribution in [3.8, 4) is 0 Å². The van der Waals surface area contributed by atoms with Crippen LogP contribution in [0.4, 0.5) is 0 Å². The van der Waals surface area contributed by atoms with Gasteiger partial charge in [0.15, 0.2) is 0 Å². The van der Waals surface area contributed by atoms with Crippen molar-refractivity contribution in [2.45, 2.75) is 25.4 Å². The molecule has 1 aliphatic rings. The first-order chi connectivity index (χ1) is 6.74. The van der Waals surface area contributed by atoms with Crippen LogP contribution in [0.25, 0.3) is 0 Å². The van der Waals surface area contributed by atoms with Crippen LogP contribution >= 0.6 is 0 Å². The van der Waals surface area contributed by atoms with Crippen LogP contribution in [0.3, 0.4) is 0 Å². The Morgan fingerprint density at radius 1 is 1.64 bits per heavy atom. The molecular formula is C10H18N4. The van der Waals surface area contributed by atoms with Crippen molar-refractivity contribution >= 4 is 0 Å². The number of nitrogens with zero attached hydrogens (tertiary/aromatic N) is 3. The van der Waals surface area contributed by atoms with Crippen molar-refractivity contribution in [1.29, 1.82) is 0 Å². The first kappa shape index (κ1) is 9.68. The highest BCUT2D eigenvalue weighted by atomic mass is 15.2. The average molecular weight is 194 g/mol. The van der Waals surface area contributed by atoms with Crippen molar-refractivity contribution in [2.24, 2.45) is 12.8 Å². The number of rotatable bonds is 2. The maximum absolute atomic E-state index is 5.92. The summed E-state index contributed by atoms with van der Waals surface area (Å²) in [6.45, 7) is 3.18. The zero-order valence-corrected chi connectivity index (χ0v) is 8.69. The average Bonchev–Trinajstić information content (AvgIpc) is 2.51. The van der Waals surface area contributed by atoms with Crippen molar-refractivity contribution in [1.82, 2.24) is 14.7 Å². The molecular weight excluding hydrogens is 176 g/mol. The van der Waals surface area contributed by atoms with Gasteiger partial charge in [-0.2, -0.15) is 5.10 Å². The number of likely N-dealkylation sites (tertiary alicyclic amines) is 1. The smallest absolute Gasteiger partial charge is 0.0534 e. The second-order valence-corrected chi connectivity index (χ2v) is 4.16. The van der Waals surface area contributed by atoms with E-state index >= 15 is 0 Å². The van der Waals surface area contributed by atoms with Gasteiger partial charge >= 0.3 is 0 Å². The minimum atomic E-state index is 0.362. The van der Waals surface area contributed by atoms with Crippen molar-refractivity contribution < 1.29 is 0 Å². The fraction of sp³-hybridized carbons (Fsp3) is 0.700. The van der Waals surface area contributed by atoms with Crippen LogP contribution in [0.2, 0.25) is 0 Å². The van der Waals surface area contributed by atoms with Crippen LogP contribution in [0, 0.1) is 0 Å². The van der Waals surface area contributed by atoms with Gasteiger partial charge in [0, 0.05) is 37.9 Å². The van der Waals surface area contributed by atoms with Crippen LogP contribution < -0.4 is 5.73 Å². The molecule has 0 radical (unpaired) electrons. The molecule has 2 heterocycles. The predicted molar refractivity (Wildman–Crippen MR) is 55.7 cm³/mol. The third kappa shape index (κ3) is 2.33. The number of hydrogen-bond acceptors (Lipinski definition) is 3. The number of aromatic nitrogens is 2. The molecule has 1 aromatic heterocycles. The van der Waals surface area contributed by atoms with E-state index in [-0.39, 0.29) is 0 Å². The minimum absolute atomic E-state index is 0.362. The molecule has 1 fully saturated rings. The normalized spacial score (nSPS) is 24.0. The first-order valence-electron chi connectivity index (χ1n) is 5.19. The Bertz CT molecular complexity index is 294. The molecule has 0 saturated carbocycles. The third-order valence-electron chi connectivity index (χ3n) is 2.71. The molecule has 0 aliphatic carbocycles. The lowest BCUT2D eigenvalue weighted by Gasteiger charge is -2.30. The van der Waals surface area contributed by atoms with Crippen molar-refractivity contribution in [2.75, 3.05) is 13.1 Å². The molecule has 2 N–H and O–H groups in total.